The zero-order valence-corrected chi connectivity index (χ0v) is 14.0. The van der Waals surface area contributed by atoms with Gasteiger partial charge in [-0.15, -0.1) is 0 Å². The fourth-order valence-electron chi connectivity index (χ4n) is 2.43. The summed E-state index contributed by atoms with van der Waals surface area (Å²) in [6, 6.07) is 5.90. The second-order valence-electron chi connectivity index (χ2n) is 4.87. The molecule has 1 saturated carbocycles. The molecule has 1 aromatic rings. The van der Waals surface area contributed by atoms with Crippen molar-refractivity contribution in [2.45, 2.75) is 38.5 Å². The number of hydrogen-bond acceptors (Lipinski definition) is 1. The van der Waals surface area contributed by atoms with Crippen molar-refractivity contribution in [1.29, 1.82) is 0 Å². The van der Waals surface area contributed by atoms with Gasteiger partial charge in [-0.25, -0.2) is 0 Å². The molecule has 1 aliphatic carbocycles. The molecule has 0 spiro atoms. The quantitative estimate of drug-likeness (QED) is 0.683. The Labute approximate surface area is 130 Å². The van der Waals surface area contributed by atoms with Gasteiger partial charge in [0.1, 0.15) is 0 Å². The first-order valence-corrected chi connectivity index (χ1v) is 8.27. The van der Waals surface area contributed by atoms with Crippen LogP contribution in [-0.2, 0) is 4.79 Å². The van der Waals surface area contributed by atoms with Crippen LogP contribution in [0.3, 0.4) is 0 Å². The summed E-state index contributed by atoms with van der Waals surface area (Å²) in [5.41, 5.74) is 0.874. The average molecular weight is 422 g/mol. The lowest BCUT2D eigenvalue weighted by Crippen LogP contribution is -2.12. The van der Waals surface area contributed by atoms with Crippen LogP contribution in [0.5, 0.6) is 0 Å². The molecule has 0 heterocycles. The number of carbonyl (C=O) groups excluding carboxylic acids is 1. The summed E-state index contributed by atoms with van der Waals surface area (Å²) < 4.78 is 2.17. The molecule has 1 aliphatic rings. The van der Waals surface area contributed by atoms with Crippen LogP contribution in [0.2, 0.25) is 0 Å². The third kappa shape index (κ3) is 4.23. The molecule has 18 heavy (non-hydrogen) atoms. The lowest BCUT2D eigenvalue weighted by atomic mass is 10.0. The van der Waals surface area contributed by atoms with E-state index in [2.05, 4.69) is 43.8 Å². The Hall–Kier alpha value is -0.100. The first-order chi connectivity index (χ1) is 8.65. The summed E-state index contributed by atoms with van der Waals surface area (Å²) in [4.78, 5) is 11.8. The second-order valence-corrected chi connectivity index (χ2v) is 6.88. The number of rotatable bonds is 4. The molecule has 1 amide bonds. The molecule has 0 unspecified atom stereocenters. The van der Waals surface area contributed by atoms with Crippen LogP contribution in [0.15, 0.2) is 22.7 Å². The standard InChI is InChI=1S/C14H17BrINO/c15-12-9-11(6-7-13(12)16)17-14(18)8-5-10-3-1-2-4-10/h6-7,9-10H,1-5,8H2,(H,17,18). The third-order valence-electron chi connectivity index (χ3n) is 3.46. The van der Waals surface area contributed by atoms with Gasteiger partial charge in [0.05, 0.1) is 0 Å². The van der Waals surface area contributed by atoms with Crippen molar-refractivity contribution in [2.75, 3.05) is 5.32 Å². The summed E-state index contributed by atoms with van der Waals surface area (Å²) in [5, 5.41) is 2.96. The Morgan fingerprint density at radius 3 is 2.78 bits per heavy atom. The molecule has 1 aromatic carbocycles. The van der Waals surface area contributed by atoms with Gasteiger partial charge in [0, 0.05) is 20.2 Å². The van der Waals surface area contributed by atoms with Gasteiger partial charge in [-0.05, 0) is 69.1 Å². The smallest absolute Gasteiger partial charge is 0.224 e. The maximum atomic E-state index is 11.8. The molecule has 1 N–H and O–H groups in total. The Kier molecular flexibility index (Phi) is 5.48. The van der Waals surface area contributed by atoms with Crippen molar-refractivity contribution in [2.24, 2.45) is 5.92 Å². The lowest BCUT2D eigenvalue weighted by molar-refractivity contribution is -0.116. The zero-order chi connectivity index (χ0) is 13.0. The predicted octanol–water partition coefficient (Wildman–Crippen LogP) is 4.96. The van der Waals surface area contributed by atoms with Gasteiger partial charge in [-0.1, -0.05) is 25.7 Å². The second kappa shape index (κ2) is 6.89. The van der Waals surface area contributed by atoms with E-state index < -0.39 is 0 Å². The Morgan fingerprint density at radius 1 is 1.39 bits per heavy atom. The van der Waals surface area contributed by atoms with E-state index in [1.165, 1.54) is 25.7 Å². The highest BCUT2D eigenvalue weighted by Crippen LogP contribution is 2.28. The summed E-state index contributed by atoms with van der Waals surface area (Å²) in [6.07, 6.45) is 6.99. The van der Waals surface area contributed by atoms with Crippen molar-refractivity contribution in [3.8, 4) is 0 Å². The summed E-state index contributed by atoms with van der Waals surface area (Å²) >= 11 is 5.73. The van der Waals surface area contributed by atoms with E-state index in [1.807, 2.05) is 18.2 Å². The lowest BCUT2D eigenvalue weighted by Gasteiger charge is -2.09. The highest BCUT2D eigenvalue weighted by Gasteiger charge is 2.16. The molecule has 98 valence electrons. The molecule has 0 radical (unpaired) electrons. The van der Waals surface area contributed by atoms with E-state index in [-0.39, 0.29) is 5.91 Å². The SMILES string of the molecule is O=C(CCC1CCCC1)Nc1ccc(I)c(Br)c1. The number of amides is 1. The summed E-state index contributed by atoms with van der Waals surface area (Å²) in [7, 11) is 0. The highest BCUT2D eigenvalue weighted by atomic mass is 127. The minimum absolute atomic E-state index is 0.134. The molecule has 0 aliphatic heterocycles. The zero-order valence-electron chi connectivity index (χ0n) is 10.2. The molecule has 0 atom stereocenters. The first kappa shape index (κ1) is 14.3. The van der Waals surface area contributed by atoms with Crippen molar-refractivity contribution in [3.05, 3.63) is 26.2 Å². The van der Waals surface area contributed by atoms with Crippen LogP contribution in [0.25, 0.3) is 0 Å². The topological polar surface area (TPSA) is 29.1 Å². The maximum absolute atomic E-state index is 11.8. The molecule has 2 rings (SSSR count). The molecule has 2 nitrogen and oxygen atoms in total. The van der Waals surface area contributed by atoms with Crippen LogP contribution in [0, 0.1) is 9.49 Å². The van der Waals surface area contributed by atoms with Gasteiger partial charge in [0.2, 0.25) is 5.91 Å². The number of halogens is 2. The van der Waals surface area contributed by atoms with Gasteiger partial charge in [-0.3, -0.25) is 4.79 Å². The largest absolute Gasteiger partial charge is 0.326 e. The number of anilines is 1. The monoisotopic (exact) mass is 421 g/mol. The van der Waals surface area contributed by atoms with Crippen LogP contribution < -0.4 is 5.32 Å². The Morgan fingerprint density at radius 2 is 2.11 bits per heavy atom. The van der Waals surface area contributed by atoms with Crippen LogP contribution in [0.1, 0.15) is 38.5 Å². The van der Waals surface area contributed by atoms with E-state index in [0.717, 1.165) is 26.1 Å². The molecule has 0 saturated heterocycles. The third-order valence-corrected chi connectivity index (χ3v) is 5.80. The van der Waals surface area contributed by atoms with Gasteiger partial charge in [0.25, 0.3) is 0 Å². The molecule has 4 heteroatoms. The fraction of sp³-hybridized carbons (Fsp3) is 0.500. The molecule has 0 bridgehead atoms. The van der Waals surface area contributed by atoms with Crippen molar-refractivity contribution in [3.63, 3.8) is 0 Å². The number of carbonyl (C=O) groups is 1. The molecule has 0 aromatic heterocycles. The minimum Gasteiger partial charge on any atom is -0.326 e. The van der Waals surface area contributed by atoms with Crippen molar-refractivity contribution < 1.29 is 4.79 Å². The average Bonchev–Trinajstić information content (AvgIpc) is 2.84. The predicted molar refractivity (Wildman–Crippen MR) is 86.7 cm³/mol. The van der Waals surface area contributed by atoms with Crippen molar-refractivity contribution in [1.82, 2.24) is 0 Å². The number of nitrogens with one attached hydrogen (secondary N) is 1. The van der Waals surface area contributed by atoms with Crippen molar-refractivity contribution >= 4 is 50.1 Å². The van der Waals surface area contributed by atoms with E-state index in [0.29, 0.717) is 6.42 Å². The van der Waals surface area contributed by atoms with Gasteiger partial charge < -0.3 is 5.32 Å². The molecule has 1 fully saturated rings. The normalized spacial score (nSPS) is 15.9. The summed E-state index contributed by atoms with van der Waals surface area (Å²) in [6.45, 7) is 0. The highest BCUT2D eigenvalue weighted by molar-refractivity contribution is 14.1. The van der Waals surface area contributed by atoms with Gasteiger partial charge in [0.15, 0.2) is 0 Å². The van der Waals surface area contributed by atoms with Gasteiger partial charge in [-0.2, -0.15) is 0 Å². The minimum atomic E-state index is 0.134. The molecular formula is C14H17BrINO. The Balaban J connectivity index is 1.80. The maximum Gasteiger partial charge on any atom is 0.224 e. The first-order valence-electron chi connectivity index (χ1n) is 6.40. The van der Waals surface area contributed by atoms with Crippen LogP contribution >= 0.6 is 38.5 Å². The molecular weight excluding hydrogens is 405 g/mol. The van der Waals surface area contributed by atoms with E-state index in [4.69, 9.17) is 0 Å². The van der Waals surface area contributed by atoms with Gasteiger partial charge >= 0.3 is 0 Å². The Bertz CT molecular complexity index is 430. The number of benzene rings is 1. The van der Waals surface area contributed by atoms with Crippen LogP contribution in [0.4, 0.5) is 5.69 Å². The summed E-state index contributed by atoms with van der Waals surface area (Å²) in [5.74, 6) is 0.911. The van der Waals surface area contributed by atoms with E-state index in [9.17, 15) is 4.79 Å². The van der Waals surface area contributed by atoms with E-state index >= 15 is 0 Å². The van der Waals surface area contributed by atoms with Crippen LogP contribution in [-0.4, -0.2) is 5.91 Å². The number of hydrogen-bond donors (Lipinski definition) is 1. The fourth-order valence-corrected chi connectivity index (χ4v) is 3.15. The van der Waals surface area contributed by atoms with E-state index in [1.54, 1.807) is 0 Å².